The number of thioether (sulfide) groups is 1. The van der Waals surface area contributed by atoms with Gasteiger partial charge >= 0.3 is 0 Å². The lowest BCUT2D eigenvalue weighted by Gasteiger charge is -2.04. The number of hydrogen-bond donors (Lipinski definition) is 0. The van der Waals surface area contributed by atoms with E-state index in [0.29, 0.717) is 5.15 Å². The second-order valence-corrected chi connectivity index (χ2v) is 5.31. The molecule has 0 fully saturated rings. The molecule has 2 aromatic heterocycles. The Morgan fingerprint density at radius 3 is 2.80 bits per heavy atom. The van der Waals surface area contributed by atoms with Gasteiger partial charge in [0.1, 0.15) is 5.15 Å². The molecular weight excluding hydrogens is 294 g/mol. The summed E-state index contributed by atoms with van der Waals surface area (Å²) in [5, 5.41) is 13.0. The van der Waals surface area contributed by atoms with Crippen LogP contribution in [-0.2, 0) is 5.75 Å². The van der Waals surface area contributed by atoms with Gasteiger partial charge in [0.15, 0.2) is 0 Å². The van der Waals surface area contributed by atoms with Crippen molar-refractivity contribution in [2.75, 3.05) is 0 Å². The predicted octanol–water partition coefficient (Wildman–Crippen LogP) is 3.00. The summed E-state index contributed by atoms with van der Waals surface area (Å²) in [5.41, 5.74) is 2.02. The van der Waals surface area contributed by atoms with Crippen LogP contribution in [0.5, 0.6) is 0 Å². The molecule has 3 aromatic rings. The highest BCUT2D eigenvalue weighted by molar-refractivity contribution is 7.98. The fourth-order valence-electron chi connectivity index (χ4n) is 1.68. The van der Waals surface area contributed by atoms with Crippen molar-refractivity contribution in [1.82, 2.24) is 25.2 Å². The third-order valence-electron chi connectivity index (χ3n) is 2.60. The first-order chi connectivity index (χ1) is 9.83. The van der Waals surface area contributed by atoms with E-state index in [1.54, 1.807) is 22.6 Å². The summed E-state index contributed by atoms with van der Waals surface area (Å²) >= 11 is 7.42. The summed E-state index contributed by atoms with van der Waals surface area (Å²) in [7, 11) is 0. The van der Waals surface area contributed by atoms with E-state index in [-0.39, 0.29) is 0 Å². The molecule has 0 aliphatic heterocycles. The topological polar surface area (TPSA) is 56.5 Å². The molecule has 0 bridgehead atoms. The molecule has 0 saturated carbocycles. The van der Waals surface area contributed by atoms with Crippen LogP contribution in [0.15, 0.2) is 53.8 Å². The molecule has 5 nitrogen and oxygen atoms in total. The molecule has 0 spiro atoms. The van der Waals surface area contributed by atoms with E-state index in [9.17, 15) is 0 Å². The first kappa shape index (κ1) is 13.1. The maximum Gasteiger partial charge on any atom is 0.214 e. The van der Waals surface area contributed by atoms with Crippen LogP contribution in [0.1, 0.15) is 5.56 Å². The summed E-state index contributed by atoms with van der Waals surface area (Å²) in [6.45, 7) is 0. The number of halogens is 1. The standard InChI is InChI=1S/C13H10ClN5S/c14-12-8-10(6-7-15-12)9-20-13-16-17-18-19(13)11-4-2-1-3-5-11/h1-8H,9H2. The van der Waals surface area contributed by atoms with E-state index in [1.807, 2.05) is 42.5 Å². The Morgan fingerprint density at radius 2 is 2.00 bits per heavy atom. The van der Waals surface area contributed by atoms with Crippen LogP contribution in [0.3, 0.4) is 0 Å². The van der Waals surface area contributed by atoms with E-state index in [1.165, 1.54) is 0 Å². The van der Waals surface area contributed by atoms with Crippen LogP contribution in [0.4, 0.5) is 0 Å². The van der Waals surface area contributed by atoms with Crippen LogP contribution in [0, 0.1) is 0 Å². The van der Waals surface area contributed by atoms with E-state index >= 15 is 0 Å². The Labute approximate surface area is 125 Å². The van der Waals surface area contributed by atoms with Gasteiger partial charge in [-0.2, -0.15) is 4.68 Å². The smallest absolute Gasteiger partial charge is 0.214 e. The number of benzene rings is 1. The maximum absolute atomic E-state index is 5.87. The Hall–Kier alpha value is -1.92. The Bertz CT molecular complexity index is 701. The lowest BCUT2D eigenvalue weighted by Crippen LogP contribution is -1.98. The molecule has 3 rings (SSSR count). The number of aromatic nitrogens is 5. The lowest BCUT2D eigenvalue weighted by molar-refractivity contribution is 0.756. The lowest BCUT2D eigenvalue weighted by atomic mass is 10.3. The summed E-state index contributed by atoms with van der Waals surface area (Å²) in [4.78, 5) is 3.96. The molecular formula is C13H10ClN5S. The predicted molar refractivity (Wildman–Crippen MR) is 78.0 cm³/mol. The Balaban J connectivity index is 1.78. The molecule has 2 heterocycles. The van der Waals surface area contributed by atoms with Gasteiger partial charge < -0.3 is 0 Å². The minimum atomic E-state index is 0.491. The third-order valence-corrected chi connectivity index (χ3v) is 3.80. The fraction of sp³-hybridized carbons (Fsp3) is 0.0769. The molecule has 100 valence electrons. The van der Waals surface area contributed by atoms with Crippen molar-refractivity contribution in [2.45, 2.75) is 10.9 Å². The largest absolute Gasteiger partial charge is 0.245 e. The normalized spacial score (nSPS) is 10.7. The third kappa shape index (κ3) is 2.97. The zero-order valence-corrected chi connectivity index (χ0v) is 11.9. The van der Waals surface area contributed by atoms with Crippen molar-refractivity contribution < 1.29 is 0 Å². The second kappa shape index (κ2) is 6.02. The van der Waals surface area contributed by atoms with E-state index in [4.69, 9.17) is 11.6 Å². The van der Waals surface area contributed by atoms with E-state index < -0.39 is 0 Å². The highest BCUT2D eigenvalue weighted by Gasteiger charge is 2.08. The Kier molecular flexibility index (Phi) is 3.94. The zero-order valence-electron chi connectivity index (χ0n) is 10.3. The first-order valence-corrected chi connectivity index (χ1v) is 7.26. The summed E-state index contributed by atoms with van der Waals surface area (Å²) in [6.07, 6.45) is 1.69. The van der Waals surface area contributed by atoms with Crippen LogP contribution in [0.2, 0.25) is 5.15 Å². The summed E-state index contributed by atoms with van der Waals surface area (Å²) in [5.74, 6) is 0.732. The maximum atomic E-state index is 5.87. The van der Waals surface area contributed by atoms with Gasteiger partial charge in [0.05, 0.1) is 5.69 Å². The van der Waals surface area contributed by atoms with Crippen molar-refractivity contribution in [2.24, 2.45) is 0 Å². The molecule has 7 heteroatoms. The van der Waals surface area contributed by atoms with Crippen molar-refractivity contribution in [1.29, 1.82) is 0 Å². The van der Waals surface area contributed by atoms with E-state index in [2.05, 4.69) is 20.5 Å². The number of hydrogen-bond acceptors (Lipinski definition) is 5. The quantitative estimate of drug-likeness (QED) is 0.548. The van der Waals surface area contributed by atoms with Gasteiger partial charge in [-0.1, -0.05) is 41.6 Å². The average Bonchev–Trinajstić information content (AvgIpc) is 2.95. The van der Waals surface area contributed by atoms with Crippen molar-refractivity contribution in [3.05, 3.63) is 59.4 Å². The molecule has 0 aliphatic rings. The molecule has 0 N–H and O–H groups in total. The molecule has 0 unspecified atom stereocenters. The number of pyridine rings is 1. The highest BCUT2D eigenvalue weighted by atomic mass is 35.5. The second-order valence-electron chi connectivity index (χ2n) is 3.98. The van der Waals surface area contributed by atoms with Crippen LogP contribution in [-0.4, -0.2) is 25.2 Å². The molecule has 0 aliphatic carbocycles. The van der Waals surface area contributed by atoms with Gasteiger partial charge in [-0.3, -0.25) is 0 Å². The van der Waals surface area contributed by atoms with Gasteiger partial charge in [0.2, 0.25) is 5.16 Å². The van der Waals surface area contributed by atoms with Crippen LogP contribution >= 0.6 is 23.4 Å². The molecule has 20 heavy (non-hydrogen) atoms. The highest BCUT2D eigenvalue weighted by Crippen LogP contribution is 2.22. The number of rotatable bonds is 4. The zero-order chi connectivity index (χ0) is 13.8. The van der Waals surface area contributed by atoms with Crippen molar-refractivity contribution in [3.8, 4) is 5.69 Å². The van der Waals surface area contributed by atoms with Gasteiger partial charge in [-0.15, -0.1) is 5.10 Å². The SMILES string of the molecule is Clc1cc(CSc2nnnn2-c2ccccc2)ccn1. The summed E-state index contributed by atoms with van der Waals surface area (Å²) in [6, 6.07) is 13.6. The molecule has 0 saturated heterocycles. The van der Waals surface area contributed by atoms with Gasteiger partial charge in [-0.25, -0.2) is 4.98 Å². The monoisotopic (exact) mass is 303 g/mol. The molecule has 0 radical (unpaired) electrons. The molecule has 0 atom stereocenters. The fourth-order valence-corrected chi connectivity index (χ4v) is 2.71. The first-order valence-electron chi connectivity index (χ1n) is 5.90. The van der Waals surface area contributed by atoms with Gasteiger partial charge in [0.25, 0.3) is 0 Å². The number of nitrogens with zero attached hydrogens (tertiary/aromatic N) is 5. The molecule has 1 aromatic carbocycles. The Morgan fingerprint density at radius 1 is 1.15 bits per heavy atom. The van der Waals surface area contributed by atoms with Crippen LogP contribution in [0.25, 0.3) is 5.69 Å². The number of tetrazole rings is 1. The van der Waals surface area contributed by atoms with Gasteiger partial charge in [-0.05, 0) is 40.3 Å². The van der Waals surface area contributed by atoms with Crippen LogP contribution < -0.4 is 0 Å². The average molecular weight is 304 g/mol. The summed E-state index contributed by atoms with van der Waals surface area (Å²) < 4.78 is 1.72. The minimum absolute atomic E-state index is 0.491. The van der Waals surface area contributed by atoms with Gasteiger partial charge in [0, 0.05) is 11.9 Å². The van der Waals surface area contributed by atoms with Crippen molar-refractivity contribution >= 4 is 23.4 Å². The van der Waals surface area contributed by atoms with E-state index in [0.717, 1.165) is 22.2 Å². The number of para-hydroxylation sites is 1. The molecule has 0 amide bonds. The van der Waals surface area contributed by atoms with Crippen molar-refractivity contribution in [3.63, 3.8) is 0 Å². The minimum Gasteiger partial charge on any atom is -0.245 e.